The van der Waals surface area contributed by atoms with E-state index >= 15 is 0 Å². The maximum Gasteiger partial charge on any atom is 0.224 e. The monoisotopic (exact) mass is 380 g/mol. The molecule has 1 spiro atoms. The number of ether oxygens (including phenoxy) is 1. The van der Waals surface area contributed by atoms with Gasteiger partial charge in [0.15, 0.2) is 0 Å². The Morgan fingerprint density at radius 3 is 1.96 bits per heavy atom. The van der Waals surface area contributed by atoms with Crippen molar-refractivity contribution in [1.82, 2.24) is 9.80 Å². The first kappa shape index (κ1) is 22.7. The van der Waals surface area contributed by atoms with Gasteiger partial charge in [-0.05, 0) is 83.2 Å². The predicted molar refractivity (Wildman–Crippen MR) is 113 cm³/mol. The van der Waals surface area contributed by atoms with Gasteiger partial charge in [-0.15, -0.1) is 0 Å². The van der Waals surface area contributed by atoms with Gasteiger partial charge in [-0.1, -0.05) is 20.8 Å². The molecule has 0 aromatic heterocycles. The van der Waals surface area contributed by atoms with Gasteiger partial charge in [-0.3, -0.25) is 9.69 Å². The molecule has 2 saturated heterocycles. The highest BCUT2D eigenvalue weighted by molar-refractivity contribution is 5.76. The van der Waals surface area contributed by atoms with Crippen LogP contribution in [-0.4, -0.2) is 60.6 Å². The molecule has 0 unspecified atom stereocenters. The molecule has 0 aromatic rings. The summed E-state index contributed by atoms with van der Waals surface area (Å²) in [6.07, 6.45) is 7.75. The van der Waals surface area contributed by atoms with E-state index in [1.165, 1.54) is 45.2 Å². The summed E-state index contributed by atoms with van der Waals surface area (Å²) in [4.78, 5) is 17.2. The van der Waals surface area contributed by atoms with Gasteiger partial charge in [0.2, 0.25) is 5.91 Å². The Labute approximate surface area is 168 Å². The molecule has 27 heavy (non-hydrogen) atoms. The molecule has 158 valence electrons. The second-order valence-corrected chi connectivity index (χ2v) is 11.1. The molecule has 2 rings (SSSR count). The Hall–Kier alpha value is -0.610. The number of likely N-dealkylation sites (tertiary alicyclic amines) is 2. The zero-order valence-corrected chi connectivity index (χ0v) is 18.9. The first-order chi connectivity index (χ1) is 12.5. The molecule has 2 aliphatic rings. The quantitative estimate of drug-likeness (QED) is 0.625. The molecule has 4 heteroatoms. The molecule has 0 aromatic carbocycles. The standard InChI is InChI=1S/C23H44N2O2/c1-21(2,3)9-7-18-27-19-8-20(26)24-14-10-23(11-15-24)12-16-25(17-13-23)22(4,5)6/h7-19H2,1-6H3. The molecule has 2 heterocycles. The number of piperidine rings is 2. The zero-order valence-electron chi connectivity index (χ0n) is 18.9. The van der Waals surface area contributed by atoms with Gasteiger partial charge in [0.1, 0.15) is 0 Å². The van der Waals surface area contributed by atoms with Crippen LogP contribution in [0.1, 0.15) is 86.5 Å². The molecule has 0 N–H and O–H groups in total. The summed E-state index contributed by atoms with van der Waals surface area (Å²) in [5.74, 6) is 0.285. The first-order valence-electron chi connectivity index (χ1n) is 11.1. The van der Waals surface area contributed by atoms with E-state index in [0.717, 1.165) is 26.1 Å². The lowest BCUT2D eigenvalue weighted by Crippen LogP contribution is -2.52. The zero-order chi connectivity index (χ0) is 20.1. The van der Waals surface area contributed by atoms with Crippen molar-refractivity contribution < 1.29 is 9.53 Å². The Balaban J connectivity index is 1.62. The van der Waals surface area contributed by atoms with Crippen LogP contribution in [0.2, 0.25) is 0 Å². The average Bonchev–Trinajstić information content (AvgIpc) is 2.57. The van der Waals surface area contributed by atoms with Gasteiger partial charge < -0.3 is 9.64 Å². The Bertz CT molecular complexity index is 458. The minimum Gasteiger partial charge on any atom is -0.381 e. The van der Waals surface area contributed by atoms with E-state index < -0.39 is 0 Å². The van der Waals surface area contributed by atoms with Crippen LogP contribution in [-0.2, 0) is 9.53 Å². The number of hydrogen-bond acceptors (Lipinski definition) is 3. The van der Waals surface area contributed by atoms with Gasteiger partial charge in [-0.2, -0.15) is 0 Å². The maximum atomic E-state index is 12.5. The summed E-state index contributed by atoms with van der Waals surface area (Å²) >= 11 is 0. The summed E-state index contributed by atoms with van der Waals surface area (Å²) in [5, 5.41) is 0. The summed E-state index contributed by atoms with van der Waals surface area (Å²) < 4.78 is 5.69. The topological polar surface area (TPSA) is 32.8 Å². The van der Waals surface area contributed by atoms with E-state index in [0.29, 0.717) is 23.9 Å². The molecule has 0 atom stereocenters. The van der Waals surface area contributed by atoms with Gasteiger partial charge in [0, 0.05) is 25.2 Å². The van der Waals surface area contributed by atoms with Crippen LogP contribution in [0.3, 0.4) is 0 Å². The lowest BCUT2D eigenvalue weighted by atomic mass is 9.70. The summed E-state index contributed by atoms with van der Waals surface area (Å²) in [6.45, 7) is 19.4. The van der Waals surface area contributed by atoms with E-state index in [-0.39, 0.29) is 11.4 Å². The Morgan fingerprint density at radius 2 is 1.44 bits per heavy atom. The highest BCUT2D eigenvalue weighted by atomic mass is 16.5. The number of nitrogens with zero attached hydrogens (tertiary/aromatic N) is 2. The minimum atomic E-state index is 0.283. The van der Waals surface area contributed by atoms with Crippen LogP contribution >= 0.6 is 0 Å². The summed E-state index contributed by atoms with van der Waals surface area (Å²) in [6, 6.07) is 0. The van der Waals surface area contributed by atoms with Gasteiger partial charge in [-0.25, -0.2) is 0 Å². The van der Waals surface area contributed by atoms with Gasteiger partial charge in [0.25, 0.3) is 0 Å². The van der Waals surface area contributed by atoms with Crippen LogP contribution in [0, 0.1) is 10.8 Å². The van der Waals surface area contributed by atoms with Crippen molar-refractivity contribution in [3.8, 4) is 0 Å². The van der Waals surface area contributed by atoms with Crippen molar-refractivity contribution in [3.05, 3.63) is 0 Å². The summed E-state index contributed by atoms with van der Waals surface area (Å²) in [5.41, 5.74) is 1.14. The van der Waals surface area contributed by atoms with Crippen LogP contribution in [0.15, 0.2) is 0 Å². The van der Waals surface area contributed by atoms with Crippen molar-refractivity contribution in [2.45, 2.75) is 92.0 Å². The van der Waals surface area contributed by atoms with Crippen LogP contribution in [0.25, 0.3) is 0 Å². The van der Waals surface area contributed by atoms with Crippen molar-refractivity contribution in [2.24, 2.45) is 10.8 Å². The molecule has 0 saturated carbocycles. The Morgan fingerprint density at radius 1 is 0.889 bits per heavy atom. The third kappa shape index (κ3) is 7.38. The van der Waals surface area contributed by atoms with Crippen molar-refractivity contribution in [2.75, 3.05) is 39.4 Å². The molecule has 0 aliphatic carbocycles. The van der Waals surface area contributed by atoms with Crippen molar-refractivity contribution >= 4 is 5.91 Å². The predicted octanol–water partition coefficient (Wildman–Crippen LogP) is 4.72. The van der Waals surface area contributed by atoms with E-state index in [1.54, 1.807) is 0 Å². The number of amides is 1. The summed E-state index contributed by atoms with van der Waals surface area (Å²) in [7, 11) is 0. The molecule has 0 bridgehead atoms. The molecule has 4 nitrogen and oxygen atoms in total. The fourth-order valence-electron chi connectivity index (χ4n) is 4.51. The molecule has 2 aliphatic heterocycles. The first-order valence-corrected chi connectivity index (χ1v) is 11.1. The van der Waals surface area contributed by atoms with Gasteiger partial charge >= 0.3 is 0 Å². The van der Waals surface area contributed by atoms with Crippen molar-refractivity contribution in [3.63, 3.8) is 0 Å². The lowest BCUT2D eigenvalue weighted by Gasteiger charge is -2.49. The third-order valence-electron chi connectivity index (χ3n) is 6.63. The highest BCUT2D eigenvalue weighted by Crippen LogP contribution is 2.42. The number of carbonyl (C=O) groups is 1. The largest absolute Gasteiger partial charge is 0.381 e. The van der Waals surface area contributed by atoms with E-state index in [9.17, 15) is 4.79 Å². The van der Waals surface area contributed by atoms with Crippen LogP contribution in [0.4, 0.5) is 0 Å². The third-order valence-corrected chi connectivity index (χ3v) is 6.63. The SMILES string of the molecule is CC(C)(C)CCCOCCC(=O)N1CCC2(CC1)CCN(C(C)(C)C)CC2. The molecule has 1 amide bonds. The maximum absolute atomic E-state index is 12.5. The average molecular weight is 381 g/mol. The highest BCUT2D eigenvalue weighted by Gasteiger charge is 2.40. The van der Waals surface area contributed by atoms with E-state index in [1.807, 2.05) is 0 Å². The van der Waals surface area contributed by atoms with Crippen LogP contribution in [0.5, 0.6) is 0 Å². The van der Waals surface area contributed by atoms with E-state index in [2.05, 4.69) is 51.3 Å². The normalized spacial score (nSPS) is 21.6. The molecule has 2 fully saturated rings. The second-order valence-electron chi connectivity index (χ2n) is 11.1. The fourth-order valence-corrected chi connectivity index (χ4v) is 4.51. The van der Waals surface area contributed by atoms with Gasteiger partial charge in [0.05, 0.1) is 13.0 Å². The minimum absolute atomic E-state index is 0.283. The fraction of sp³-hybridized carbons (Fsp3) is 0.957. The van der Waals surface area contributed by atoms with E-state index in [4.69, 9.17) is 4.74 Å². The molecular weight excluding hydrogens is 336 g/mol. The number of rotatable bonds is 6. The smallest absolute Gasteiger partial charge is 0.224 e. The Kier molecular flexibility index (Phi) is 7.78. The van der Waals surface area contributed by atoms with Crippen LogP contribution < -0.4 is 0 Å². The second kappa shape index (κ2) is 9.26. The lowest BCUT2D eigenvalue weighted by molar-refractivity contribution is -0.135. The number of hydrogen-bond donors (Lipinski definition) is 0. The number of carbonyl (C=O) groups excluding carboxylic acids is 1. The molecule has 0 radical (unpaired) electrons. The molecular formula is C23H44N2O2. The van der Waals surface area contributed by atoms with Crippen molar-refractivity contribution in [1.29, 1.82) is 0 Å².